The number of hydrogen-bond donors (Lipinski definition) is 1. The second kappa shape index (κ2) is 4.14. The number of halogens is 1. The van der Waals surface area contributed by atoms with Crippen molar-refractivity contribution >= 4 is 11.0 Å². The molecular weight excluding hydrogens is 235 g/mol. The number of hydrogen-bond acceptors (Lipinski definition) is 3. The first kappa shape index (κ1) is 11.3. The number of aliphatic hydroxyl groups is 1. The summed E-state index contributed by atoms with van der Waals surface area (Å²) in [6, 6.07) is 4.32. The Labute approximate surface area is 103 Å². The van der Waals surface area contributed by atoms with Crippen molar-refractivity contribution in [1.82, 2.24) is 0 Å². The van der Waals surface area contributed by atoms with Crippen LogP contribution in [0.4, 0.5) is 4.39 Å². The number of furan rings is 1. The van der Waals surface area contributed by atoms with Crippen LogP contribution in [-0.4, -0.2) is 11.7 Å². The second-order valence-electron chi connectivity index (χ2n) is 4.38. The third kappa shape index (κ3) is 1.69. The van der Waals surface area contributed by atoms with E-state index >= 15 is 0 Å². The molecule has 1 aliphatic heterocycles. The second-order valence-corrected chi connectivity index (χ2v) is 4.38. The van der Waals surface area contributed by atoms with E-state index in [0.29, 0.717) is 29.1 Å². The van der Waals surface area contributed by atoms with Gasteiger partial charge < -0.3 is 14.3 Å². The summed E-state index contributed by atoms with van der Waals surface area (Å²) < 4.78 is 24.1. The van der Waals surface area contributed by atoms with E-state index in [1.54, 1.807) is 13.0 Å². The molecule has 0 saturated carbocycles. The molecule has 3 rings (SSSR count). The minimum atomic E-state index is -0.914. The van der Waals surface area contributed by atoms with Crippen LogP contribution in [0.25, 0.3) is 11.0 Å². The number of ether oxygens (including phenoxy) is 1. The molecule has 0 aliphatic carbocycles. The Bertz CT molecular complexity index is 627. The Morgan fingerprint density at radius 2 is 2.22 bits per heavy atom. The van der Waals surface area contributed by atoms with Crippen molar-refractivity contribution in [2.75, 3.05) is 6.61 Å². The maximum atomic E-state index is 13.2. The van der Waals surface area contributed by atoms with Gasteiger partial charge in [0.25, 0.3) is 0 Å². The van der Waals surface area contributed by atoms with Crippen molar-refractivity contribution in [3.05, 3.63) is 47.2 Å². The molecule has 18 heavy (non-hydrogen) atoms. The van der Waals surface area contributed by atoms with Crippen molar-refractivity contribution in [2.45, 2.75) is 19.4 Å². The maximum absolute atomic E-state index is 13.2. The average Bonchev–Trinajstić information content (AvgIpc) is 2.98. The smallest absolute Gasteiger partial charge is 0.168 e. The van der Waals surface area contributed by atoms with Crippen LogP contribution in [-0.2, 0) is 4.74 Å². The van der Waals surface area contributed by atoms with E-state index < -0.39 is 6.10 Å². The Kier molecular flexibility index (Phi) is 2.59. The summed E-state index contributed by atoms with van der Waals surface area (Å²) in [4.78, 5) is 0. The summed E-state index contributed by atoms with van der Waals surface area (Å²) >= 11 is 0. The summed E-state index contributed by atoms with van der Waals surface area (Å²) in [6.45, 7) is 2.39. The third-order valence-corrected chi connectivity index (χ3v) is 3.19. The van der Waals surface area contributed by atoms with Crippen molar-refractivity contribution in [3.8, 4) is 0 Å². The number of aliphatic hydroxyl groups excluding tert-OH is 1. The van der Waals surface area contributed by atoms with Crippen LogP contribution in [0.1, 0.15) is 23.8 Å². The van der Waals surface area contributed by atoms with E-state index in [-0.39, 0.29) is 5.82 Å². The Hall–Kier alpha value is -1.81. The van der Waals surface area contributed by atoms with Crippen LogP contribution in [0.3, 0.4) is 0 Å². The maximum Gasteiger partial charge on any atom is 0.168 e. The molecule has 2 aromatic rings. The first-order valence-corrected chi connectivity index (χ1v) is 5.86. The zero-order chi connectivity index (χ0) is 12.7. The summed E-state index contributed by atoms with van der Waals surface area (Å²) in [5.74, 6) is 0.616. The van der Waals surface area contributed by atoms with Crippen LogP contribution in [0, 0.1) is 12.7 Å². The monoisotopic (exact) mass is 248 g/mol. The first-order valence-electron chi connectivity index (χ1n) is 5.86. The molecular formula is C14H13FO3. The Balaban J connectivity index is 2.09. The van der Waals surface area contributed by atoms with Gasteiger partial charge in [0.15, 0.2) is 6.10 Å². The van der Waals surface area contributed by atoms with E-state index in [1.165, 1.54) is 12.1 Å². The molecule has 0 saturated heterocycles. The fourth-order valence-corrected chi connectivity index (χ4v) is 2.23. The molecule has 1 atom stereocenters. The molecule has 2 heterocycles. The van der Waals surface area contributed by atoms with Gasteiger partial charge in [-0.2, -0.15) is 0 Å². The highest BCUT2D eigenvalue weighted by atomic mass is 19.1. The van der Waals surface area contributed by atoms with Gasteiger partial charge in [-0.3, -0.25) is 0 Å². The Morgan fingerprint density at radius 3 is 2.94 bits per heavy atom. The zero-order valence-electron chi connectivity index (χ0n) is 9.94. The topological polar surface area (TPSA) is 42.6 Å². The van der Waals surface area contributed by atoms with Gasteiger partial charge in [-0.05, 0) is 31.2 Å². The van der Waals surface area contributed by atoms with E-state index in [4.69, 9.17) is 9.15 Å². The summed E-state index contributed by atoms with van der Waals surface area (Å²) in [5.41, 5.74) is 1.31. The van der Waals surface area contributed by atoms with Crippen molar-refractivity contribution in [1.29, 1.82) is 0 Å². The standard InChI is InChI=1S/C14H13FO3/c1-8-10-7-9(15)4-5-11(10)18-14(8)13(16)12-3-2-6-17-12/h3-5,7,13,16H,2,6H2,1H3. The zero-order valence-corrected chi connectivity index (χ0v) is 9.94. The molecule has 0 radical (unpaired) electrons. The molecule has 94 valence electrons. The van der Waals surface area contributed by atoms with Gasteiger partial charge in [0.05, 0.1) is 6.61 Å². The highest BCUT2D eigenvalue weighted by molar-refractivity contribution is 5.82. The number of aryl methyl sites for hydroxylation is 1. The van der Waals surface area contributed by atoms with Crippen molar-refractivity contribution < 1.29 is 18.7 Å². The van der Waals surface area contributed by atoms with Gasteiger partial charge >= 0.3 is 0 Å². The normalized spacial score (nSPS) is 16.7. The fourth-order valence-electron chi connectivity index (χ4n) is 2.23. The molecule has 0 fully saturated rings. The highest BCUT2D eigenvalue weighted by Gasteiger charge is 2.24. The summed E-state index contributed by atoms with van der Waals surface area (Å²) in [5, 5.41) is 10.9. The van der Waals surface area contributed by atoms with Gasteiger partial charge in [0, 0.05) is 17.4 Å². The molecule has 1 N–H and O–H groups in total. The minimum absolute atomic E-state index is 0.316. The molecule has 3 nitrogen and oxygen atoms in total. The van der Waals surface area contributed by atoms with Crippen LogP contribution in [0.5, 0.6) is 0 Å². The van der Waals surface area contributed by atoms with E-state index in [9.17, 15) is 9.50 Å². The van der Waals surface area contributed by atoms with Crippen LogP contribution in [0.2, 0.25) is 0 Å². The van der Waals surface area contributed by atoms with Crippen LogP contribution in [0.15, 0.2) is 34.5 Å². The highest BCUT2D eigenvalue weighted by Crippen LogP contribution is 2.34. The molecule has 1 unspecified atom stereocenters. The van der Waals surface area contributed by atoms with Gasteiger partial charge in [-0.1, -0.05) is 0 Å². The first-order chi connectivity index (χ1) is 8.66. The van der Waals surface area contributed by atoms with Crippen molar-refractivity contribution in [2.24, 2.45) is 0 Å². The molecule has 0 spiro atoms. The Morgan fingerprint density at radius 1 is 1.39 bits per heavy atom. The molecule has 1 aliphatic rings. The van der Waals surface area contributed by atoms with E-state index in [2.05, 4.69) is 0 Å². The molecule has 1 aromatic carbocycles. The molecule has 4 heteroatoms. The van der Waals surface area contributed by atoms with E-state index in [1.807, 2.05) is 6.08 Å². The lowest BCUT2D eigenvalue weighted by Gasteiger charge is -2.10. The summed E-state index contributed by atoms with van der Waals surface area (Å²) in [6.07, 6.45) is 1.72. The fraction of sp³-hybridized carbons (Fsp3) is 0.286. The largest absolute Gasteiger partial charge is 0.495 e. The number of rotatable bonds is 2. The predicted molar refractivity (Wildman–Crippen MR) is 64.5 cm³/mol. The van der Waals surface area contributed by atoms with Gasteiger partial charge in [0.2, 0.25) is 0 Å². The predicted octanol–water partition coefficient (Wildman–Crippen LogP) is 3.22. The minimum Gasteiger partial charge on any atom is -0.495 e. The van der Waals surface area contributed by atoms with Gasteiger partial charge in [0.1, 0.15) is 22.9 Å². The summed E-state index contributed by atoms with van der Waals surface area (Å²) in [7, 11) is 0. The van der Waals surface area contributed by atoms with Crippen molar-refractivity contribution in [3.63, 3.8) is 0 Å². The SMILES string of the molecule is Cc1c(C(O)C2=CCCO2)oc2ccc(F)cc12. The number of benzene rings is 1. The molecule has 0 bridgehead atoms. The molecule has 0 amide bonds. The van der Waals surface area contributed by atoms with Gasteiger partial charge in [-0.25, -0.2) is 4.39 Å². The lowest BCUT2D eigenvalue weighted by atomic mass is 10.1. The van der Waals surface area contributed by atoms with Gasteiger partial charge in [-0.15, -0.1) is 0 Å². The lowest BCUT2D eigenvalue weighted by molar-refractivity contribution is 0.103. The number of fused-ring (bicyclic) bond motifs is 1. The van der Waals surface area contributed by atoms with Crippen LogP contribution >= 0.6 is 0 Å². The molecule has 1 aromatic heterocycles. The average molecular weight is 248 g/mol. The lowest BCUT2D eigenvalue weighted by Crippen LogP contribution is -2.02. The third-order valence-electron chi connectivity index (χ3n) is 3.19. The van der Waals surface area contributed by atoms with Crippen LogP contribution < -0.4 is 0 Å². The van der Waals surface area contributed by atoms with E-state index in [0.717, 1.165) is 12.0 Å². The quantitative estimate of drug-likeness (QED) is 0.887.